The number of hydrogen-bond acceptors (Lipinski definition) is 6. The number of amides is 1. The van der Waals surface area contributed by atoms with Crippen molar-refractivity contribution in [1.29, 1.82) is 0 Å². The lowest BCUT2D eigenvalue weighted by atomic mass is 10.1. The van der Waals surface area contributed by atoms with E-state index >= 15 is 0 Å². The van der Waals surface area contributed by atoms with Crippen LogP contribution in [0.25, 0.3) is 10.4 Å². The molecule has 33 heavy (non-hydrogen) atoms. The predicted molar refractivity (Wildman–Crippen MR) is 133 cm³/mol. The minimum absolute atomic E-state index is 0.00831. The summed E-state index contributed by atoms with van der Waals surface area (Å²) in [5.41, 5.74) is 4.64. The summed E-state index contributed by atoms with van der Waals surface area (Å²) in [5.74, 6) is 2.27. The highest BCUT2D eigenvalue weighted by molar-refractivity contribution is 7.15. The second kappa shape index (κ2) is 9.06. The summed E-state index contributed by atoms with van der Waals surface area (Å²) in [6.45, 7) is 5.39. The zero-order valence-electron chi connectivity index (χ0n) is 19.3. The fourth-order valence-electron chi connectivity index (χ4n) is 4.18. The second-order valence-electron chi connectivity index (χ2n) is 8.88. The predicted octanol–water partition coefficient (Wildman–Crippen LogP) is 5.34. The molecule has 5 rings (SSSR count). The molecule has 170 valence electrons. The van der Waals surface area contributed by atoms with Crippen molar-refractivity contribution in [1.82, 2.24) is 9.88 Å². The minimum atomic E-state index is 0.00831. The van der Waals surface area contributed by atoms with Gasteiger partial charge in [0.2, 0.25) is 0 Å². The molecular formula is C26H28N4O2S. The number of rotatable bonds is 8. The monoisotopic (exact) mass is 460 g/mol. The number of allylic oxidation sites excluding steroid dienone is 4. The lowest BCUT2D eigenvalue weighted by molar-refractivity contribution is 0.0748. The first-order valence-corrected chi connectivity index (χ1v) is 12.3. The number of thiazole rings is 1. The SMILES string of the molecule is COC1=CC=C2N=C(CCN(CC3CC3)C(=O)c3nc(C)sc3-c3cccc(C)c3)N=C2C1. The Balaban J connectivity index is 1.34. The van der Waals surface area contributed by atoms with Gasteiger partial charge in [-0.3, -0.25) is 4.79 Å². The molecule has 7 heteroatoms. The van der Waals surface area contributed by atoms with E-state index < -0.39 is 0 Å². The van der Waals surface area contributed by atoms with Crippen molar-refractivity contribution in [3.8, 4) is 10.4 Å². The van der Waals surface area contributed by atoms with E-state index in [0.29, 0.717) is 31.0 Å². The lowest BCUT2D eigenvalue weighted by Crippen LogP contribution is -2.35. The minimum Gasteiger partial charge on any atom is -0.501 e. The van der Waals surface area contributed by atoms with Crippen molar-refractivity contribution in [2.24, 2.45) is 15.9 Å². The number of carbonyl (C=O) groups is 1. The van der Waals surface area contributed by atoms with Gasteiger partial charge in [0, 0.05) is 25.9 Å². The third kappa shape index (κ3) is 4.83. The Kier molecular flexibility index (Phi) is 5.98. The number of aromatic nitrogens is 1. The molecule has 1 aromatic carbocycles. The normalized spacial score (nSPS) is 17.1. The van der Waals surface area contributed by atoms with Gasteiger partial charge in [-0.1, -0.05) is 29.8 Å². The molecular weight excluding hydrogens is 432 g/mol. The van der Waals surface area contributed by atoms with Gasteiger partial charge in [0.05, 0.1) is 28.4 Å². The molecule has 1 amide bonds. The molecule has 2 heterocycles. The van der Waals surface area contributed by atoms with Crippen LogP contribution >= 0.6 is 11.3 Å². The molecule has 1 saturated carbocycles. The molecule has 3 aliphatic rings. The van der Waals surface area contributed by atoms with Crippen LogP contribution in [0.15, 0.2) is 57.9 Å². The largest absolute Gasteiger partial charge is 0.501 e. The van der Waals surface area contributed by atoms with Crippen molar-refractivity contribution in [3.05, 3.63) is 64.1 Å². The summed E-state index contributed by atoms with van der Waals surface area (Å²) in [5, 5.41) is 0.908. The molecule has 2 aromatic rings. The molecule has 0 bridgehead atoms. The molecule has 0 unspecified atom stereocenters. The maximum atomic E-state index is 13.7. The quantitative estimate of drug-likeness (QED) is 0.534. The number of hydrogen-bond donors (Lipinski definition) is 0. The standard InChI is InChI=1S/C26H28N4O2S/c1-16-5-4-6-19(13-16)25-24(27-17(2)33-25)26(31)30(15-18-7-8-18)12-11-23-28-21-10-9-20(32-3)14-22(21)29-23/h4-6,9-10,13,18H,7-8,11-12,14-15H2,1-3H3. The smallest absolute Gasteiger partial charge is 0.274 e. The van der Waals surface area contributed by atoms with E-state index in [1.807, 2.05) is 30.0 Å². The van der Waals surface area contributed by atoms with Gasteiger partial charge in [0.15, 0.2) is 0 Å². The van der Waals surface area contributed by atoms with E-state index in [9.17, 15) is 4.79 Å². The van der Waals surface area contributed by atoms with Crippen molar-refractivity contribution in [2.45, 2.75) is 39.5 Å². The van der Waals surface area contributed by atoms with Crippen LogP contribution < -0.4 is 0 Å². The van der Waals surface area contributed by atoms with Gasteiger partial charge in [-0.2, -0.15) is 0 Å². The van der Waals surface area contributed by atoms with E-state index in [-0.39, 0.29) is 5.91 Å². The zero-order valence-corrected chi connectivity index (χ0v) is 20.1. The van der Waals surface area contributed by atoms with Gasteiger partial charge in [-0.25, -0.2) is 15.0 Å². The number of nitrogens with zero attached hydrogens (tertiary/aromatic N) is 4. The van der Waals surface area contributed by atoms with Crippen LogP contribution in [0, 0.1) is 19.8 Å². The topological polar surface area (TPSA) is 67.2 Å². The maximum Gasteiger partial charge on any atom is 0.274 e. The van der Waals surface area contributed by atoms with E-state index in [4.69, 9.17) is 9.73 Å². The Morgan fingerprint density at radius 1 is 1.21 bits per heavy atom. The second-order valence-corrected chi connectivity index (χ2v) is 10.1. The highest BCUT2D eigenvalue weighted by atomic mass is 32.1. The molecule has 0 radical (unpaired) electrons. The molecule has 6 nitrogen and oxygen atoms in total. The molecule has 1 aliphatic heterocycles. The van der Waals surface area contributed by atoms with Crippen molar-refractivity contribution in [2.75, 3.05) is 20.2 Å². The van der Waals surface area contributed by atoms with Gasteiger partial charge in [0.1, 0.15) is 17.3 Å². The molecule has 0 spiro atoms. The highest BCUT2D eigenvalue weighted by Crippen LogP contribution is 2.34. The summed E-state index contributed by atoms with van der Waals surface area (Å²) in [7, 11) is 1.68. The van der Waals surface area contributed by atoms with Gasteiger partial charge >= 0.3 is 0 Å². The van der Waals surface area contributed by atoms with Crippen molar-refractivity contribution >= 4 is 28.8 Å². The van der Waals surface area contributed by atoms with Crippen LogP contribution in [0.5, 0.6) is 0 Å². The maximum absolute atomic E-state index is 13.7. The van der Waals surface area contributed by atoms with E-state index in [1.165, 1.54) is 18.4 Å². The molecule has 2 aliphatic carbocycles. The summed E-state index contributed by atoms with van der Waals surface area (Å²) >= 11 is 1.59. The van der Waals surface area contributed by atoms with Crippen LogP contribution in [0.2, 0.25) is 0 Å². The number of aryl methyl sites for hydroxylation is 2. The average Bonchev–Trinajstić information content (AvgIpc) is 3.40. The van der Waals surface area contributed by atoms with Gasteiger partial charge < -0.3 is 9.64 Å². The summed E-state index contributed by atoms with van der Waals surface area (Å²) in [6, 6.07) is 8.28. The summed E-state index contributed by atoms with van der Waals surface area (Å²) < 4.78 is 5.35. The van der Waals surface area contributed by atoms with Gasteiger partial charge in [0.25, 0.3) is 5.91 Å². The number of fused-ring (bicyclic) bond motifs is 1. The Hall–Kier alpha value is -3.06. The number of amidine groups is 1. The molecule has 0 saturated heterocycles. The third-order valence-corrected chi connectivity index (χ3v) is 7.15. The van der Waals surface area contributed by atoms with E-state index in [0.717, 1.165) is 45.0 Å². The number of methoxy groups -OCH3 is 1. The Morgan fingerprint density at radius 2 is 2.06 bits per heavy atom. The molecule has 0 N–H and O–H groups in total. The first-order valence-electron chi connectivity index (χ1n) is 11.4. The Bertz CT molecular complexity index is 1220. The fraction of sp³-hybridized carbons (Fsp3) is 0.385. The zero-order chi connectivity index (χ0) is 22.9. The summed E-state index contributed by atoms with van der Waals surface area (Å²) in [4.78, 5) is 30.7. The van der Waals surface area contributed by atoms with Gasteiger partial charge in [-0.15, -0.1) is 11.3 Å². The van der Waals surface area contributed by atoms with E-state index in [2.05, 4.69) is 35.1 Å². The average molecular weight is 461 g/mol. The summed E-state index contributed by atoms with van der Waals surface area (Å²) in [6.07, 6.45) is 7.56. The highest BCUT2D eigenvalue weighted by Gasteiger charge is 2.30. The first kappa shape index (κ1) is 21.8. The lowest BCUT2D eigenvalue weighted by Gasteiger charge is -2.22. The first-order chi connectivity index (χ1) is 16.0. The molecule has 0 atom stereocenters. The molecule has 1 fully saturated rings. The third-order valence-electron chi connectivity index (χ3n) is 6.13. The number of aliphatic imine (C=N–C) groups is 2. The number of benzene rings is 1. The molecule has 1 aromatic heterocycles. The number of carbonyl (C=O) groups excluding carboxylic acids is 1. The Morgan fingerprint density at radius 3 is 2.82 bits per heavy atom. The van der Waals surface area contributed by atoms with Crippen LogP contribution in [0.1, 0.15) is 46.7 Å². The fourth-order valence-corrected chi connectivity index (χ4v) is 5.09. The van der Waals surface area contributed by atoms with E-state index in [1.54, 1.807) is 18.4 Å². The van der Waals surface area contributed by atoms with Gasteiger partial charge in [-0.05, 0) is 50.3 Å². The van der Waals surface area contributed by atoms with Crippen molar-refractivity contribution < 1.29 is 9.53 Å². The van der Waals surface area contributed by atoms with Crippen LogP contribution in [-0.2, 0) is 4.74 Å². The van der Waals surface area contributed by atoms with Crippen LogP contribution in [0.3, 0.4) is 0 Å². The Labute approximate surface area is 198 Å². The number of ether oxygens (including phenoxy) is 1. The van der Waals surface area contributed by atoms with Crippen molar-refractivity contribution in [3.63, 3.8) is 0 Å². The van der Waals surface area contributed by atoms with Crippen LogP contribution in [0.4, 0.5) is 0 Å². The van der Waals surface area contributed by atoms with Crippen LogP contribution in [-0.4, -0.2) is 47.5 Å².